The Bertz CT molecular complexity index is 496. The van der Waals surface area contributed by atoms with Crippen molar-refractivity contribution in [2.75, 3.05) is 13.1 Å². The fourth-order valence-corrected chi connectivity index (χ4v) is 3.08. The molecular weight excluding hydrogens is 301 g/mol. The maximum atomic E-state index is 10.8. The first-order valence-electron chi connectivity index (χ1n) is 6.59. The van der Waals surface area contributed by atoms with Gasteiger partial charge in [0.2, 0.25) is 6.41 Å². The van der Waals surface area contributed by atoms with Gasteiger partial charge in [-0.15, -0.1) is 0 Å². The van der Waals surface area contributed by atoms with Gasteiger partial charge in [-0.3, -0.25) is 4.79 Å². The molecule has 110 valence electrons. The van der Waals surface area contributed by atoms with Gasteiger partial charge in [-0.05, 0) is 37.3 Å². The maximum absolute atomic E-state index is 10.8. The van der Waals surface area contributed by atoms with Crippen LogP contribution in [0.15, 0.2) is 12.1 Å². The summed E-state index contributed by atoms with van der Waals surface area (Å²) in [5.74, 6) is -0.106. The molecule has 0 aliphatic carbocycles. The van der Waals surface area contributed by atoms with Crippen molar-refractivity contribution in [1.82, 2.24) is 4.90 Å². The van der Waals surface area contributed by atoms with Gasteiger partial charge in [-0.2, -0.15) is 0 Å². The molecule has 1 aromatic rings. The Kier molecular flexibility index (Phi) is 5.13. The van der Waals surface area contributed by atoms with E-state index in [1.807, 2.05) is 0 Å². The predicted octanol–water partition coefficient (Wildman–Crippen LogP) is 2.99. The summed E-state index contributed by atoms with van der Waals surface area (Å²) < 4.78 is 0. The first-order valence-corrected chi connectivity index (χ1v) is 7.34. The van der Waals surface area contributed by atoms with E-state index in [9.17, 15) is 15.0 Å². The number of hydrogen-bond donors (Lipinski definition) is 2. The van der Waals surface area contributed by atoms with Gasteiger partial charge in [-0.1, -0.05) is 23.2 Å². The van der Waals surface area contributed by atoms with Crippen molar-refractivity contribution >= 4 is 29.6 Å². The van der Waals surface area contributed by atoms with Crippen molar-refractivity contribution in [3.63, 3.8) is 0 Å². The summed E-state index contributed by atoms with van der Waals surface area (Å²) in [6.07, 6.45) is 2.21. The number of halogens is 2. The third kappa shape index (κ3) is 3.19. The Morgan fingerprint density at radius 3 is 2.75 bits per heavy atom. The minimum Gasteiger partial charge on any atom is -0.508 e. The molecule has 0 aromatic heterocycles. The van der Waals surface area contributed by atoms with Gasteiger partial charge in [0.05, 0.1) is 16.1 Å². The van der Waals surface area contributed by atoms with Crippen LogP contribution in [0, 0.1) is 5.92 Å². The molecule has 0 radical (unpaired) electrons. The number of carbonyl (C=O) groups excluding carboxylic acids is 1. The van der Waals surface area contributed by atoms with Crippen LogP contribution >= 0.6 is 23.2 Å². The fraction of sp³-hybridized carbons (Fsp3) is 0.500. The number of likely N-dealkylation sites (tertiary alicyclic amines) is 1. The summed E-state index contributed by atoms with van der Waals surface area (Å²) >= 11 is 12.0. The Balaban J connectivity index is 2.21. The molecule has 1 amide bonds. The maximum Gasteiger partial charge on any atom is 0.209 e. The van der Waals surface area contributed by atoms with Gasteiger partial charge < -0.3 is 15.1 Å². The summed E-state index contributed by atoms with van der Waals surface area (Å²) in [7, 11) is 0. The van der Waals surface area contributed by atoms with E-state index >= 15 is 0 Å². The molecule has 0 bridgehead atoms. The lowest BCUT2D eigenvalue weighted by Gasteiger charge is -2.23. The summed E-state index contributed by atoms with van der Waals surface area (Å²) in [5, 5.41) is 20.9. The second kappa shape index (κ2) is 6.66. The number of carbonyl (C=O) groups is 1. The van der Waals surface area contributed by atoms with Gasteiger partial charge in [-0.25, -0.2) is 0 Å². The predicted molar refractivity (Wildman–Crippen MR) is 78.1 cm³/mol. The second-order valence-corrected chi connectivity index (χ2v) is 5.86. The third-order valence-corrected chi connectivity index (χ3v) is 4.63. The van der Waals surface area contributed by atoms with Crippen LogP contribution in [-0.2, 0) is 4.79 Å². The number of phenols is 1. The van der Waals surface area contributed by atoms with E-state index in [-0.39, 0.29) is 22.3 Å². The zero-order chi connectivity index (χ0) is 14.7. The highest BCUT2D eigenvalue weighted by Gasteiger charge is 2.28. The van der Waals surface area contributed by atoms with Gasteiger partial charge in [0, 0.05) is 18.7 Å². The van der Waals surface area contributed by atoms with E-state index in [2.05, 4.69) is 0 Å². The highest BCUT2D eigenvalue weighted by atomic mass is 35.5. The van der Waals surface area contributed by atoms with Crippen molar-refractivity contribution in [3.05, 3.63) is 27.7 Å². The standard InChI is InChI=1S/C14H17Cl2NO3/c15-10-3-4-11(19)12(13(10)16)14(20)9-2-1-6-17(8-18)7-5-9/h3-4,8-9,14,19-20H,1-2,5-7H2. The number of benzene rings is 1. The lowest BCUT2D eigenvalue weighted by molar-refractivity contribution is -0.118. The summed E-state index contributed by atoms with van der Waals surface area (Å²) in [5.41, 5.74) is 0.281. The number of amides is 1. The number of aliphatic hydroxyl groups is 1. The number of hydrogen-bond acceptors (Lipinski definition) is 3. The quantitative estimate of drug-likeness (QED) is 0.842. The van der Waals surface area contributed by atoms with Crippen molar-refractivity contribution in [1.29, 1.82) is 0 Å². The van der Waals surface area contributed by atoms with Crippen LogP contribution in [0.1, 0.15) is 30.9 Å². The lowest BCUT2D eigenvalue weighted by atomic mass is 9.89. The first kappa shape index (κ1) is 15.4. The van der Waals surface area contributed by atoms with Crippen LogP contribution in [0.3, 0.4) is 0 Å². The lowest BCUT2D eigenvalue weighted by Crippen LogP contribution is -2.23. The molecule has 1 aromatic carbocycles. The molecule has 1 fully saturated rings. The van der Waals surface area contributed by atoms with E-state index in [0.717, 1.165) is 19.3 Å². The van der Waals surface area contributed by atoms with Crippen molar-refractivity contribution in [2.45, 2.75) is 25.4 Å². The topological polar surface area (TPSA) is 60.8 Å². The number of aromatic hydroxyl groups is 1. The first-order chi connectivity index (χ1) is 9.54. The van der Waals surface area contributed by atoms with Gasteiger partial charge in [0.15, 0.2) is 0 Å². The molecule has 4 nitrogen and oxygen atoms in total. The summed E-state index contributed by atoms with van der Waals surface area (Å²) in [6, 6.07) is 2.93. The largest absolute Gasteiger partial charge is 0.508 e. The highest BCUT2D eigenvalue weighted by Crippen LogP contribution is 2.41. The fourth-order valence-electron chi connectivity index (χ4n) is 2.64. The van der Waals surface area contributed by atoms with Crippen LogP contribution in [-0.4, -0.2) is 34.6 Å². The molecular formula is C14H17Cl2NO3. The Hall–Kier alpha value is -0.970. The van der Waals surface area contributed by atoms with Crippen molar-refractivity contribution in [2.24, 2.45) is 5.92 Å². The molecule has 1 heterocycles. The molecule has 2 atom stereocenters. The Morgan fingerprint density at radius 2 is 2.05 bits per heavy atom. The zero-order valence-electron chi connectivity index (χ0n) is 10.9. The molecule has 1 aliphatic rings. The minimum atomic E-state index is -0.882. The smallest absolute Gasteiger partial charge is 0.209 e. The van der Waals surface area contributed by atoms with E-state index in [1.165, 1.54) is 12.1 Å². The second-order valence-electron chi connectivity index (χ2n) is 5.07. The van der Waals surface area contributed by atoms with Crippen LogP contribution in [0.4, 0.5) is 0 Å². The van der Waals surface area contributed by atoms with Crippen LogP contribution in [0.5, 0.6) is 5.75 Å². The van der Waals surface area contributed by atoms with Crippen LogP contribution in [0.2, 0.25) is 10.0 Å². The van der Waals surface area contributed by atoms with E-state index < -0.39 is 6.10 Å². The number of phenolic OH excluding ortho intramolecular Hbond substituents is 1. The van der Waals surface area contributed by atoms with E-state index in [1.54, 1.807) is 4.90 Å². The number of rotatable bonds is 3. The molecule has 2 rings (SSSR count). The van der Waals surface area contributed by atoms with E-state index in [4.69, 9.17) is 23.2 Å². The molecule has 20 heavy (non-hydrogen) atoms. The molecule has 2 N–H and O–H groups in total. The molecule has 1 saturated heterocycles. The van der Waals surface area contributed by atoms with Crippen molar-refractivity contribution < 1.29 is 15.0 Å². The normalized spacial score (nSPS) is 21.4. The van der Waals surface area contributed by atoms with Gasteiger partial charge >= 0.3 is 0 Å². The molecule has 0 saturated carbocycles. The van der Waals surface area contributed by atoms with Crippen LogP contribution < -0.4 is 0 Å². The summed E-state index contributed by atoms with van der Waals surface area (Å²) in [6.45, 7) is 1.30. The Labute approximate surface area is 127 Å². The van der Waals surface area contributed by atoms with Crippen LogP contribution in [0.25, 0.3) is 0 Å². The van der Waals surface area contributed by atoms with Gasteiger partial charge in [0.25, 0.3) is 0 Å². The van der Waals surface area contributed by atoms with E-state index in [0.29, 0.717) is 24.5 Å². The SMILES string of the molecule is O=CN1CCCC(C(O)c2c(O)ccc(Cl)c2Cl)CC1. The van der Waals surface area contributed by atoms with Crippen molar-refractivity contribution in [3.8, 4) is 5.75 Å². The average Bonchev–Trinajstić information content (AvgIpc) is 2.68. The van der Waals surface area contributed by atoms with Gasteiger partial charge in [0.1, 0.15) is 5.75 Å². The zero-order valence-corrected chi connectivity index (χ0v) is 12.4. The molecule has 6 heteroatoms. The number of aliphatic hydroxyl groups excluding tert-OH is 1. The minimum absolute atomic E-state index is 0.0524. The summed E-state index contributed by atoms with van der Waals surface area (Å²) in [4.78, 5) is 12.5. The third-order valence-electron chi connectivity index (χ3n) is 3.81. The number of nitrogens with zero attached hydrogens (tertiary/aromatic N) is 1. The highest BCUT2D eigenvalue weighted by molar-refractivity contribution is 6.42. The molecule has 2 unspecified atom stereocenters. The Morgan fingerprint density at radius 1 is 1.30 bits per heavy atom. The molecule has 1 aliphatic heterocycles. The average molecular weight is 318 g/mol. The monoisotopic (exact) mass is 317 g/mol. The molecule has 0 spiro atoms.